The normalized spacial score (nSPS) is 11.5. The van der Waals surface area contributed by atoms with Crippen LogP contribution >= 0.6 is 0 Å². The van der Waals surface area contributed by atoms with E-state index in [4.69, 9.17) is 0 Å². The summed E-state index contributed by atoms with van der Waals surface area (Å²) in [7, 11) is -3.50. The van der Waals surface area contributed by atoms with E-state index in [0.29, 0.717) is 22.0 Å². The molecule has 2 N–H and O–H groups in total. The molecule has 6 heteroatoms. The summed E-state index contributed by atoms with van der Waals surface area (Å²) in [6.45, 7) is 0. The van der Waals surface area contributed by atoms with Gasteiger partial charge in [0.25, 0.3) is 5.56 Å². The van der Waals surface area contributed by atoms with Crippen molar-refractivity contribution in [2.24, 2.45) is 0 Å². The summed E-state index contributed by atoms with van der Waals surface area (Å²) < 4.78 is 26.9. The van der Waals surface area contributed by atoms with E-state index in [1.165, 1.54) is 6.20 Å². The average Bonchev–Trinajstić information content (AvgIpc) is 2.47. The van der Waals surface area contributed by atoms with Gasteiger partial charge in [-0.2, -0.15) is 0 Å². The smallest absolute Gasteiger partial charge is 0.255 e. The first-order valence-corrected chi connectivity index (χ1v) is 8.35. The van der Waals surface area contributed by atoms with Gasteiger partial charge in [0.05, 0.1) is 5.75 Å². The maximum Gasteiger partial charge on any atom is 0.255 e. The van der Waals surface area contributed by atoms with Crippen LogP contribution in [0.15, 0.2) is 65.6 Å². The number of hydrogen-bond acceptors (Lipinski definition) is 3. The van der Waals surface area contributed by atoms with Gasteiger partial charge in [0.1, 0.15) is 0 Å². The molecule has 0 aliphatic carbocycles. The van der Waals surface area contributed by atoms with Gasteiger partial charge in [0, 0.05) is 17.3 Å². The lowest BCUT2D eigenvalue weighted by atomic mass is 10.1. The lowest BCUT2D eigenvalue weighted by Gasteiger charge is -2.09. The number of H-pyrrole nitrogens is 1. The van der Waals surface area contributed by atoms with Gasteiger partial charge in [0.2, 0.25) is 10.0 Å². The van der Waals surface area contributed by atoms with Gasteiger partial charge in [0.15, 0.2) is 0 Å². The molecule has 2 aromatic carbocycles. The third-order valence-electron chi connectivity index (χ3n) is 3.25. The first kappa shape index (κ1) is 14.3. The number of rotatable bonds is 4. The number of fused-ring (bicyclic) bond motifs is 1. The van der Waals surface area contributed by atoms with Crippen molar-refractivity contribution in [3.63, 3.8) is 0 Å². The van der Waals surface area contributed by atoms with Crippen LogP contribution in [0.2, 0.25) is 0 Å². The maximum atomic E-state index is 12.2. The third kappa shape index (κ3) is 3.17. The van der Waals surface area contributed by atoms with E-state index >= 15 is 0 Å². The van der Waals surface area contributed by atoms with Crippen LogP contribution in [0.1, 0.15) is 5.56 Å². The van der Waals surface area contributed by atoms with Crippen LogP contribution in [0.4, 0.5) is 5.69 Å². The van der Waals surface area contributed by atoms with E-state index in [2.05, 4.69) is 9.71 Å². The van der Waals surface area contributed by atoms with Gasteiger partial charge in [-0.05, 0) is 35.2 Å². The standard InChI is InChI=1S/C16H14N2O3S/c19-16-15-7-6-14(10-13(15)8-9-17-16)18-22(20,21)11-12-4-2-1-3-5-12/h1-10,18H,11H2,(H,17,19). The number of benzene rings is 2. The molecule has 0 atom stereocenters. The van der Waals surface area contributed by atoms with E-state index in [1.54, 1.807) is 48.5 Å². The van der Waals surface area contributed by atoms with Crippen molar-refractivity contribution in [2.45, 2.75) is 5.75 Å². The van der Waals surface area contributed by atoms with Crippen LogP contribution in [-0.2, 0) is 15.8 Å². The van der Waals surface area contributed by atoms with Crippen molar-refractivity contribution in [2.75, 3.05) is 4.72 Å². The van der Waals surface area contributed by atoms with Crippen LogP contribution in [0.5, 0.6) is 0 Å². The molecule has 22 heavy (non-hydrogen) atoms. The lowest BCUT2D eigenvalue weighted by molar-refractivity contribution is 0.600. The zero-order chi connectivity index (χ0) is 15.6. The fourth-order valence-electron chi connectivity index (χ4n) is 2.27. The summed E-state index contributed by atoms with van der Waals surface area (Å²) in [5.74, 6) is -0.0960. The van der Waals surface area contributed by atoms with Crippen molar-refractivity contribution >= 4 is 26.5 Å². The Morgan fingerprint density at radius 3 is 2.55 bits per heavy atom. The molecule has 0 unspecified atom stereocenters. The van der Waals surface area contributed by atoms with Crippen molar-refractivity contribution in [1.82, 2.24) is 4.98 Å². The zero-order valence-corrected chi connectivity index (χ0v) is 12.4. The molecule has 112 valence electrons. The SMILES string of the molecule is O=c1[nH]ccc2cc(NS(=O)(=O)Cc3ccccc3)ccc12. The second kappa shape index (κ2) is 5.65. The van der Waals surface area contributed by atoms with Crippen molar-refractivity contribution in [1.29, 1.82) is 0 Å². The van der Waals surface area contributed by atoms with Crippen LogP contribution in [0.3, 0.4) is 0 Å². The van der Waals surface area contributed by atoms with E-state index in [1.807, 2.05) is 6.07 Å². The fourth-order valence-corrected chi connectivity index (χ4v) is 3.45. The summed E-state index contributed by atoms with van der Waals surface area (Å²) in [5, 5.41) is 1.21. The second-order valence-electron chi connectivity index (χ2n) is 4.96. The minimum Gasteiger partial charge on any atom is -0.329 e. The Morgan fingerprint density at radius 2 is 1.77 bits per heavy atom. The monoisotopic (exact) mass is 314 g/mol. The van der Waals surface area contributed by atoms with Crippen molar-refractivity contribution in [3.8, 4) is 0 Å². The topological polar surface area (TPSA) is 79.0 Å². The summed E-state index contributed by atoms with van der Waals surface area (Å²) in [6.07, 6.45) is 1.53. The highest BCUT2D eigenvalue weighted by molar-refractivity contribution is 7.91. The number of sulfonamides is 1. The Bertz CT molecular complexity index is 963. The lowest BCUT2D eigenvalue weighted by Crippen LogP contribution is -2.15. The third-order valence-corrected chi connectivity index (χ3v) is 4.51. The van der Waals surface area contributed by atoms with Crippen molar-refractivity contribution in [3.05, 3.63) is 76.7 Å². The maximum absolute atomic E-state index is 12.2. The minimum absolute atomic E-state index is 0.0960. The Balaban J connectivity index is 1.87. The van der Waals surface area contributed by atoms with Crippen molar-refractivity contribution < 1.29 is 8.42 Å². The van der Waals surface area contributed by atoms with Crippen LogP contribution in [-0.4, -0.2) is 13.4 Å². The predicted molar refractivity (Wildman–Crippen MR) is 87.3 cm³/mol. The van der Waals surface area contributed by atoms with E-state index in [-0.39, 0.29) is 11.3 Å². The zero-order valence-electron chi connectivity index (χ0n) is 11.6. The molecule has 5 nitrogen and oxygen atoms in total. The molecule has 0 bridgehead atoms. The number of aromatic amines is 1. The molecule has 1 aromatic heterocycles. The second-order valence-corrected chi connectivity index (χ2v) is 6.68. The van der Waals surface area contributed by atoms with E-state index in [9.17, 15) is 13.2 Å². The largest absolute Gasteiger partial charge is 0.329 e. The number of pyridine rings is 1. The molecule has 3 rings (SSSR count). The number of aromatic nitrogens is 1. The Hall–Kier alpha value is -2.60. The highest BCUT2D eigenvalue weighted by Gasteiger charge is 2.12. The minimum atomic E-state index is -3.50. The van der Waals surface area contributed by atoms with Gasteiger partial charge in [-0.15, -0.1) is 0 Å². The summed E-state index contributed by atoms with van der Waals surface area (Å²) in [6, 6.07) is 15.5. The van der Waals surface area contributed by atoms with Gasteiger partial charge in [-0.1, -0.05) is 30.3 Å². The first-order valence-electron chi connectivity index (χ1n) is 6.69. The molecule has 0 fully saturated rings. The molecule has 0 aliphatic rings. The number of anilines is 1. The predicted octanol–water partition coefficient (Wildman–Crippen LogP) is 2.47. The summed E-state index contributed by atoms with van der Waals surface area (Å²) in [5.41, 5.74) is 0.956. The molecule has 0 spiro atoms. The molecule has 0 saturated heterocycles. The molecule has 3 aromatic rings. The molecular formula is C16H14N2O3S. The van der Waals surface area contributed by atoms with Crippen LogP contribution in [0, 0.1) is 0 Å². The Morgan fingerprint density at radius 1 is 1.00 bits per heavy atom. The highest BCUT2D eigenvalue weighted by Crippen LogP contribution is 2.18. The molecule has 1 heterocycles. The highest BCUT2D eigenvalue weighted by atomic mass is 32.2. The van der Waals surface area contributed by atoms with Gasteiger partial charge < -0.3 is 4.98 Å². The van der Waals surface area contributed by atoms with E-state index in [0.717, 1.165) is 0 Å². The summed E-state index contributed by atoms with van der Waals surface area (Å²) >= 11 is 0. The molecule has 0 amide bonds. The van der Waals surface area contributed by atoms with Gasteiger partial charge in [-0.3, -0.25) is 9.52 Å². The van der Waals surface area contributed by atoms with Gasteiger partial charge in [-0.25, -0.2) is 8.42 Å². The van der Waals surface area contributed by atoms with Crippen LogP contribution in [0.25, 0.3) is 10.8 Å². The molecule has 0 saturated carbocycles. The molecule has 0 aliphatic heterocycles. The summed E-state index contributed by atoms with van der Waals surface area (Å²) in [4.78, 5) is 14.2. The first-order chi connectivity index (χ1) is 10.5. The molecule has 0 radical (unpaired) electrons. The van der Waals surface area contributed by atoms with E-state index < -0.39 is 10.0 Å². The van der Waals surface area contributed by atoms with Crippen LogP contribution < -0.4 is 10.3 Å². The quantitative estimate of drug-likeness (QED) is 0.776. The van der Waals surface area contributed by atoms with Gasteiger partial charge >= 0.3 is 0 Å². The average molecular weight is 314 g/mol. The molecular weight excluding hydrogens is 300 g/mol. The fraction of sp³-hybridized carbons (Fsp3) is 0.0625. The number of hydrogen-bond donors (Lipinski definition) is 2. The Labute approximate surface area is 127 Å². The Kier molecular flexibility index (Phi) is 3.68. The number of nitrogens with one attached hydrogen (secondary N) is 2.